The van der Waals surface area contributed by atoms with E-state index in [9.17, 15) is 9.18 Å². The maximum absolute atomic E-state index is 13.0. The summed E-state index contributed by atoms with van der Waals surface area (Å²) < 4.78 is 13.0. The number of aromatic nitrogens is 1. The van der Waals surface area contributed by atoms with Crippen LogP contribution in [0, 0.1) is 5.82 Å². The molecule has 0 bridgehead atoms. The van der Waals surface area contributed by atoms with Crippen molar-refractivity contribution < 1.29 is 9.18 Å². The lowest BCUT2D eigenvalue weighted by molar-refractivity contribution is -0.114. The fourth-order valence-corrected chi connectivity index (χ4v) is 2.29. The number of anilines is 1. The maximum atomic E-state index is 13.0. The van der Waals surface area contributed by atoms with E-state index in [0.29, 0.717) is 5.69 Å². The summed E-state index contributed by atoms with van der Waals surface area (Å²) in [7, 11) is 0. The first-order valence-electron chi connectivity index (χ1n) is 6.56. The van der Waals surface area contributed by atoms with Gasteiger partial charge in [-0.25, -0.2) is 4.39 Å². The molecular weight excluding hydrogens is 267 g/mol. The number of pyridine rings is 1. The summed E-state index contributed by atoms with van der Waals surface area (Å²) in [4.78, 5) is 15.7. The van der Waals surface area contributed by atoms with E-state index < -0.39 is 0 Å². The van der Waals surface area contributed by atoms with Crippen LogP contribution in [-0.2, 0) is 4.79 Å². The van der Waals surface area contributed by atoms with E-state index >= 15 is 0 Å². The van der Waals surface area contributed by atoms with Crippen molar-refractivity contribution in [3.63, 3.8) is 0 Å². The summed E-state index contributed by atoms with van der Waals surface area (Å²) in [6.07, 6.45) is 1.69. The number of nitrogens with one attached hydrogen (secondary N) is 1. The van der Waals surface area contributed by atoms with Crippen molar-refractivity contribution in [1.82, 2.24) is 4.98 Å². The second kappa shape index (κ2) is 5.32. The highest BCUT2D eigenvalue weighted by Crippen LogP contribution is 2.29. The Bertz CT molecular complexity index is 813. The number of fused-ring (bicyclic) bond motifs is 1. The van der Waals surface area contributed by atoms with Gasteiger partial charge in [-0.05, 0) is 41.5 Å². The third-order valence-corrected chi connectivity index (χ3v) is 3.19. The van der Waals surface area contributed by atoms with Gasteiger partial charge in [-0.1, -0.05) is 18.2 Å². The molecule has 0 saturated heterocycles. The zero-order valence-corrected chi connectivity index (χ0v) is 11.4. The first kappa shape index (κ1) is 13.2. The van der Waals surface area contributed by atoms with Crippen molar-refractivity contribution in [1.29, 1.82) is 0 Å². The molecule has 0 atom stereocenters. The molecule has 1 heterocycles. The fraction of sp³-hybridized carbons (Fsp3) is 0.0588. The van der Waals surface area contributed by atoms with E-state index in [1.165, 1.54) is 19.1 Å². The number of nitrogens with zero attached hydrogens (tertiary/aromatic N) is 1. The molecule has 4 heteroatoms. The van der Waals surface area contributed by atoms with E-state index in [1.807, 2.05) is 24.3 Å². The normalized spacial score (nSPS) is 10.6. The average Bonchev–Trinajstić information content (AvgIpc) is 2.47. The van der Waals surface area contributed by atoms with Gasteiger partial charge in [-0.2, -0.15) is 0 Å². The van der Waals surface area contributed by atoms with Crippen LogP contribution in [0.15, 0.2) is 54.7 Å². The molecule has 2 aromatic carbocycles. The molecule has 0 spiro atoms. The molecule has 0 saturated carbocycles. The Balaban J connectivity index is 2.19. The van der Waals surface area contributed by atoms with Gasteiger partial charge in [-0.3, -0.25) is 9.78 Å². The molecule has 21 heavy (non-hydrogen) atoms. The lowest BCUT2D eigenvalue weighted by atomic mass is 10.0. The standard InChI is InChI=1S/C17H13FN2O/c1-11(21)20-16-10-14(12-4-6-15(18)7-5-12)9-13-3-2-8-19-17(13)16/h2-10H,1H3,(H,20,21). The SMILES string of the molecule is CC(=O)Nc1cc(-c2ccc(F)cc2)cc2cccnc12. The van der Waals surface area contributed by atoms with Gasteiger partial charge in [0.25, 0.3) is 0 Å². The Morgan fingerprint density at radius 2 is 1.86 bits per heavy atom. The van der Waals surface area contributed by atoms with Crippen molar-refractivity contribution in [2.45, 2.75) is 6.92 Å². The number of rotatable bonds is 2. The molecule has 3 aromatic rings. The maximum Gasteiger partial charge on any atom is 0.221 e. The molecular formula is C17H13FN2O. The van der Waals surface area contributed by atoms with E-state index in [-0.39, 0.29) is 11.7 Å². The van der Waals surface area contributed by atoms with Crippen molar-refractivity contribution in [3.8, 4) is 11.1 Å². The van der Waals surface area contributed by atoms with Crippen LogP contribution >= 0.6 is 0 Å². The summed E-state index contributed by atoms with van der Waals surface area (Å²) in [6, 6.07) is 13.9. The number of halogens is 1. The number of hydrogen-bond donors (Lipinski definition) is 1. The van der Waals surface area contributed by atoms with Gasteiger partial charge in [0, 0.05) is 18.5 Å². The van der Waals surface area contributed by atoms with Gasteiger partial charge in [0.15, 0.2) is 0 Å². The Labute approximate surface area is 121 Å². The minimum Gasteiger partial charge on any atom is -0.324 e. The fourth-order valence-electron chi connectivity index (χ4n) is 2.29. The van der Waals surface area contributed by atoms with Crippen LogP contribution in [0.1, 0.15) is 6.92 Å². The van der Waals surface area contributed by atoms with Crippen molar-refractivity contribution in [3.05, 3.63) is 60.5 Å². The van der Waals surface area contributed by atoms with Gasteiger partial charge >= 0.3 is 0 Å². The van der Waals surface area contributed by atoms with Crippen molar-refractivity contribution >= 4 is 22.5 Å². The highest BCUT2D eigenvalue weighted by Gasteiger charge is 2.08. The number of benzene rings is 2. The van der Waals surface area contributed by atoms with Gasteiger partial charge in [0.05, 0.1) is 11.2 Å². The summed E-state index contributed by atoms with van der Waals surface area (Å²) in [6.45, 7) is 1.46. The van der Waals surface area contributed by atoms with Crippen LogP contribution in [0.4, 0.5) is 10.1 Å². The van der Waals surface area contributed by atoms with Gasteiger partial charge in [0.2, 0.25) is 5.91 Å². The van der Waals surface area contributed by atoms with Crippen molar-refractivity contribution in [2.75, 3.05) is 5.32 Å². The van der Waals surface area contributed by atoms with Gasteiger partial charge in [-0.15, -0.1) is 0 Å². The quantitative estimate of drug-likeness (QED) is 0.771. The minimum atomic E-state index is -0.275. The first-order valence-corrected chi connectivity index (χ1v) is 6.56. The molecule has 0 fully saturated rings. The largest absolute Gasteiger partial charge is 0.324 e. The van der Waals surface area contributed by atoms with Crippen LogP contribution in [0.5, 0.6) is 0 Å². The Kier molecular flexibility index (Phi) is 3.36. The molecule has 0 aliphatic carbocycles. The smallest absolute Gasteiger partial charge is 0.221 e. The monoisotopic (exact) mass is 280 g/mol. The predicted octanol–water partition coefficient (Wildman–Crippen LogP) is 4.00. The van der Waals surface area contributed by atoms with Gasteiger partial charge < -0.3 is 5.32 Å². The highest BCUT2D eigenvalue weighted by molar-refractivity contribution is 6.01. The number of amides is 1. The Morgan fingerprint density at radius 3 is 2.57 bits per heavy atom. The summed E-state index contributed by atoms with van der Waals surface area (Å²) in [5.41, 5.74) is 3.17. The molecule has 1 aromatic heterocycles. The second-order valence-corrected chi connectivity index (χ2v) is 4.79. The summed E-state index contributed by atoms with van der Waals surface area (Å²) in [5.74, 6) is -0.429. The highest BCUT2D eigenvalue weighted by atomic mass is 19.1. The molecule has 0 aliphatic rings. The van der Waals surface area contributed by atoms with Crippen LogP contribution in [0.25, 0.3) is 22.0 Å². The lowest BCUT2D eigenvalue weighted by Crippen LogP contribution is -2.06. The van der Waals surface area contributed by atoms with E-state index in [4.69, 9.17) is 0 Å². The van der Waals surface area contributed by atoms with E-state index in [0.717, 1.165) is 22.0 Å². The number of hydrogen-bond acceptors (Lipinski definition) is 2. The van der Waals surface area contributed by atoms with Crippen LogP contribution in [0.3, 0.4) is 0 Å². The van der Waals surface area contributed by atoms with Crippen LogP contribution in [-0.4, -0.2) is 10.9 Å². The topological polar surface area (TPSA) is 42.0 Å². The second-order valence-electron chi connectivity index (χ2n) is 4.79. The third kappa shape index (κ3) is 2.74. The molecule has 3 nitrogen and oxygen atoms in total. The van der Waals surface area contributed by atoms with E-state index in [1.54, 1.807) is 18.3 Å². The molecule has 3 rings (SSSR count). The summed E-state index contributed by atoms with van der Waals surface area (Å²) >= 11 is 0. The van der Waals surface area contributed by atoms with Gasteiger partial charge in [0.1, 0.15) is 5.82 Å². The number of carbonyl (C=O) groups is 1. The molecule has 104 valence electrons. The third-order valence-electron chi connectivity index (χ3n) is 3.19. The minimum absolute atomic E-state index is 0.154. The van der Waals surface area contributed by atoms with Crippen LogP contribution < -0.4 is 5.32 Å². The first-order chi connectivity index (χ1) is 10.1. The average molecular weight is 280 g/mol. The van der Waals surface area contributed by atoms with E-state index in [2.05, 4.69) is 10.3 Å². The Morgan fingerprint density at radius 1 is 1.10 bits per heavy atom. The molecule has 0 unspecified atom stereocenters. The Hall–Kier alpha value is -2.75. The lowest BCUT2D eigenvalue weighted by Gasteiger charge is -2.10. The van der Waals surface area contributed by atoms with Crippen LogP contribution in [0.2, 0.25) is 0 Å². The zero-order valence-electron chi connectivity index (χ0n) is 11.4. The van der Waals surface area contributed by atoms with Crippen molar-refractivity contribution in [2.24, 2.45) is 0 Å². The number of carbonyl (C=O) groups excluding carboxylic acids is 1. The summed E-state index contributed by atoms with van der Waals surface area (Å²) in [5, 5.41) is 3.71. The molecule has 1 N–H and O–H groups in total. The molecule has 1 amide bonds. The predicted molar refractivity (Wildman–Crippen MR) is 81.4 cm³/mol. The molecule has 0 radical (unpaired) electrons. The molecule has 0 aliphatic heterocycles. The zero-order chi connectivity index (χ0) is 14.8.